The maximum absolute atomic E-state index is 6.15. The number of hydrogen-bond acceptors (Lipinski definition) is 4. The van der Waals surface area contributed by atoms with Crippen LogP contribution < -0.4 is 10.5 Å². The van der Waals surface area contributed by atoms with Gasteiger partial charge in [-0.3, -0.25) is 4.90 Å². The van der Waals surface area contributed by atoms with Gasteiger partial charge in [-0.05, 0) is 56.8 Å². The van der Waals surface area contributed by atoms with Crippen LogP contribution in [0.15, 0.2) is 29.3 Å². The van der Waals surface area contributed by atoms with Crippen molar-refractivity contribution in [2.45, 2.75) is 44.7 Å². The molecule has 0 amide bonds. The minimum Gasteiger partial charge on any atom is -0.492 e. The van der Waals surface area contributed by atoms with Gasteiger partial charge in [-0.15, -0.1) is 24.0 Å². The molecule has 1 aromatic carbocycles. The molecule has 3 rings (SSSR count). The lowest BCUT2D eigenvalue weighted by atomic mass is 10.1. The third-order valence-corrected chi connectivity index (χ3v) is 5.53. The Kier molecular flexibility index (Phi) is 10.4. The summed E-state index contributed by atoms with van der Waals surface area (Å²) < 4.78 is 11.4. The van der Waals surface area contributed by atoms with Crippen molar-refractivity contribution in [3.05, 3.63) is 29.8 Å². The average Bonchev–Trinajstić information content (AvgIpc) is 2.73. The normalized spacial score (nSPS) is 18.8. The number of ether oxygens (including phenoxy) is 2. The van der Waals surface area contributed by atoms with Gasteiger partial charge in [0.2, 0.25) is 0 Å². The Morgan fingerprint density at radius 3 is 2.75 bits per heavy atom. The Morgan fingerprint density at radius 1 is 1.25 bits per heavy atom. The standard InChI is InChI=1S/C21H34N4O2.HI/c1-24(19-8-13-26-14-9-19)12-15-27-20-7-5-6-18(16-20)17-23-21(22)25-10-3-2-4-11-25;/h5-7,16,19H,2-4,8-15,17H2,1H3,(H2,22,23);1H. The summed E-state index contributed by atoms with van der Waals surface area (Å²) in [5.74, 6) is 1.57. The summed E-state index contributed by atoms with van der Waals surface area (Å²) in [5, 5.41) is 0. The van der Waals surface area contributed by atoms with Crippen molar-refractivity contribution < 1.29 is 9.47 Å². The van der Waals surface area contributed by atoms with Crippen LogP contribution in [-0.4, -0.2) is 68.3 Å². The topological polar surface area (TPSA) is 63.3 Å². The summed E-state index contributed by atoms with van der Waals surface area (Å²) in [6.07, 6.45) is 5.95. The fraction of sp³-hybridized carbons (Fsp3) is 0.667. The van der Waals surface area contributed by atoms with Gasteiger partial charge in [-0.25, -0.2) is 4.99 Å². The minimum atomic E-state index is 0. The number of rotatable bonds is 7. The number of aliphatic imine (C=N–C) groups is 1. The zero-order chi connectivity index (χ0) is 18.9. The molecule has 2 fully saturated rings. The zero-order valence-corrected chi connectivity index (χ0v) is 19.3. The largest absolute Gasteiger partial charge is 0.492 e. The van der Waals surface area contributed by atoms with E-state index in [1.807, 2.05) is 12.1 Å². The molecule has 0 aliphatic carbocycles. The minimum absolute atomic E-state index is 0. The Morgan fingerprint density at radius 2 is 2.00 bits per heavy atom. The van der Waals surface area contributed by atoms with Gasteiger partial charge in [0.15, 0.2) is 5.96 Å². The number of likely N-dealkylation sites (tertiary alicyclic amines) is 1. The predicted molar refractivity (Wildman–Crippen MR) is 125 cm³/mol. The summed E-state index contributed by atoms with van der Waals surface area (Å²) in [4.78, 5) is 9.15. The summed E-state index contributed by atoms with van der Waals surface area (Å²) in [6, 6.07) is 8.80. The van der Waals surface area contributed by atoms with Crippen LogP contribution in [0.25, 0.3) is 0 Å². The number of nitrogens with two attached hydrogens (primary N) is 1. The zero-order valence-electron chi connectivity index (χ0n) is 17.0. The van der Waals surface area contributed by atoms with E-state index in [1.54, 1.807) is 0 Å². The van der Waals surface area contributed by atoms with E-state index in [0.717, 1.165) is 57.0 Å². The van der Waals surface area contributed by atoms with Crippen molar-refractivity contribution in [1.29, 1.82) is 0 Å². The van der Waals surface area contributed by atoms with E-state index >= 15 is 0 Å². The lowest BCUT2D eigenvalue weighted by Crippen LogP contribution is -2.40. The van der Waals surface area contributed by atoms with Gasteiger partial charge >= 0.3 is 0 Å². The molecule has 28 heavy (non-hydrogen) atoms. The van der Waals surface area contributed by atoms with Gasteiger partial charge in [-0.2, -0.15) is 0 Å². The van der Waals surface area contributed by atoms with Crippen molar-refractivity contribution in [2.24, 2.45) is 10.7 Å². The highest BCUT2D eigenvalue weighted by molar-refractivity contribution is 14.0. The monoisotopic (exact) mass is 502 g/mol. The molecule has 158 valence electrons. The molecule has 2 aliphatic rings. The summed E-state index contributed by atoms with van der Waals surface area (Å²) in [7, 11) is 2.17. The maximum Gasteiger partial charge on any atom is 0.191 e. The van der Waals surface area contributed by atoms with E-state index in [-0.39, 0.29) is 24.0 Å². The highest BCUT2D eigenvalue weighted by Crippen LogP contribution is 2.16. The molecular formula is C21H35IN4O2. The van der Waals surface area contributed by atoms with Gasteiger partial charge in [0.25, 0.3) is 0 Å². The van der Waals surface area contributed by atoms with E-state index in [9.17, 15) is 0 Å². The van der Waals surface area contributed by atoms with Crippen LogP contribution in [0.3, 0.4) is 0 Å². The highest BCUT2D eigenvalue weighted by Gasteiger charge is 2.18. The van der Waals surface area contributed by atoms with Crippen LogP contribution in [0, 0.1) is 0 Å². The molecule has 1 aromatic rings. The first-order valence-electron chi connectivity index (χ1n) is 10.3. The second-order valence-corrected chi connectivity index (χ2v) is 7.54. The third kappa shape index (κ3) is 7.40. The van der Waals surface area contributed by atoms with Crippen molar-refractivity contribution in [3.8, 4) is 5.75 Å². The Hall–Kier alpha value is -1.06. The first-order valence-corrected chi connectivity index (χ1v) is 10.3. The lowest BCUT2D eigenvalue weighted by molar-refractivity contribution is 0.0392. The molecule has 7 heteroatoms. The smallest absolute Gasteiger partial charge is 0.191 e. The summed E-state index contributed by atoms with van der Waals surface area (Å²) in [6.45, 7) is 6.02. The highest BCUT2D eigenvalue weighted by atomic mass is 127. The number of benzene rings is 1. The van der Waals surface area contributed by atoms with Crippen molar-refractivity contribution >= 4 is 29.9 Å². The third-order valence-electron chi connectivity index (χ3n) is 5.53. The molecular weight excluding hydrogens is 467 g/mol. The summed E-state index contributed by atoms with van der Waals surface area (Å²) in [5.41, 5.74) is 7.28. The Labute approximate surface area is 186 Å². The number of likely N-dealkylation sites (N-methyl/N-ethyl adjacent to an activating group) is 1. The molecule has 2 saturated heterocycles. The van der Waals surface area contributed by atoms with E-state index < -0.39 is 0 Å². The first-order chi connectivity index (χ1) is 13.2. The average molecular weight is 502 g/mol. The molecule has 2 N–H and O–H groups in total. The van der Waals surface area contributed by atoms with Crippen LogP contribution in [0.4, 0.5) is 0 Å². The SMILES string of the molecule is CN(CCOc1cccc(CN=C(N)N2CCCCC2)c1)C1CCOCC1.I. The number of halogens is 1. The van der Waals surface area contributed by atoms with Gasteiger partial charge in [0, 0.05) is 38.9 Å². The number of guanidine groups is 1. The van der Waals surface area contributed by atoms with Crippen molar-refractivity contribution in [3.63, 3.8) is 0 Å². The Bertz CT molecular complexity index is 602. The molecule has 0 saturated carbocycles. The fourth-order valence-corrected chi connectivity index (χ4v) is 3.74. The molecule has 2 heterocycles. The van der Waals surface area contributed by atoms with Crippen LogP contribution in [0.1, 0.15) is 37.7 Å². The maximum atomic E-state index is 6.15. The second-order valence-electron chi connectivity index (χ2n) is 7.54. The molecule has 2 aliphatic heterocycles. The van der Waals surface area contributed by atoms with Gasteiger partial charge < -0.3 is 20.1 Å². The predicted octanol–water partition coefficient (Wildman–Crippen LogP) is 3.09. The quantitative estimate of drug-likeness (QED) is 0.353. The van der Waals surface area contributed by atoms with Gasteiger partial charge in [-0.1, -0.05) is 12.1 Å². The van der Waals surface area contributed by atoms with E-state index in [4.69, 9.17) is 15.2 Å². The summed E-state index contributed by atoms with van der Waals surface area (Å²) >= 11 is 0. The number of nitrogens with zero attached hydrogens (tertiary/aromatic N) is 3. The lowest BCUT2D eigenvalue weighted by Gasteiger charge is -2.31. The van der Waals surface area contributed by atoms with Crippen LogP contribution in [-0.2, 0) is 11.3 Å². The van der Waals surface area contributed by atoms with Crippen molar-refractivity contribution in [1.82, 2.24) is 9.80 Å². The molecule has 0 spiro atoms. The van der Waals surface area contributed by atoms with Gasteiger partial charge in [0.1, 0.15) is 12.4 Å². The molecule has 0 aromatic heterocycles. The number of piperidine rings is 1. The molecule has 0 unspecified atom stereocenters. The first kappa shape index (κ1) is 23.2. The molecule has 6 nitrogen and oxygen atoms in total. The van der Waals surface area contributed by atoms with Crippen LogP contribution in [0.5, 0.6) is 5.75 Å². The van der Waals surface area contributed by atoms with Crippen LogP contribution in [0.2, 0.25) is 0 Å². The van der Waals surface area contributed by atoms with E-state index in [2.05, 4.69) is 34.0 Å². The fourth-order valence-electron chi connectivity index (χ4n) is 3.74. The van der Waals surface area contributed by atoms with Crippen molar-refractivity contribution in [2.75, 3.05) is 46.5 Å². The van der Waals surface area contributed by atoms with Gasteiger partial charge in [0.05, 0.1) is 6.54 Å². The van der Waals surface area contributed by atoms with Crippen LogP contribution >= 0.6 is 24.0 Å². The second kappa shape index (κ2) is 12.5. The molecule has 0 radical (unpaired) electrons. The Balaban J connectivity index is 0.00000280. The van der Waals surface area contributed by atoms with E-state index in [1.165, 1.54) is 19.3 Å². The molecule has 0 bridgehead atoms. The van der Waals surface area contributed by atoms with E-state index in [0.29, 0.717) is 25.2 Å². The molecule has 0 atom stereocenters. The number of hydrogen-bond donors (Lipinski definition) is 1.